The Balaban J connectivity index is 2.19. The van der Waals surface area contributed by atoms with Crippen LogP contribution in [0, 0.1) is 5.41 Å². The summed E-state index contributed by atoms with van der Waals surface area (Å²) in [6.45, 7) is 11.5. The normalized spacial score (nSPS) is 22.0. The molecule has 114 valence electrons. The van der Waals surface area contributed by atoms with Crippen LogP contribution in [0.4, 0.5) is 5.69 Å². The van der Waals surface area contributed by atoms with Gasteiger partial charge in [0.2, 0.25) is 0 Å². The van der Waals surface area contributed by atoms with E-state index in [0.717, 1.165) is 11.2 Å². The zero-order valence-electron chi connectivity index (χ0n) is 13.9. The lowest BCUT2D eigenvalue weighted by atomic mass is 9.91. The van der Waals surface area contributed by atoms with Crippen molar-refractivity contribution in [1.29, 1.82) is 0 Å². The van der Waals surface area contributed by atoms with Crippen molar-refractivity contribution in [3.05, 3.63) is 24.0 Å². The highest BCUT2D eigenvalue weighted by Gasteiger charge is 2.35. The molecule has 1 aliphatic carbocycles. The second-order valence-electron chi connectivity index (χ2n) is 8.36. The fourth-order valence-corrected chi connectivity index (χ4v) is 3.63. The van der Waals surface area contributed by atoms with Crippen LogP contribution in [0.25, 0.3) is 11.0 Å². The Kier molecular flexibility index (Phi) is 3.09. The van der Waals surface area contributed by atoms with E-state index in [9.17, 15) is 0 Å². The van der Waals surface area contributed by atoms with Crippen molar-refractivity contribution in [1.82, 2.24) is 9.55 Å². The second kappa shape index (κ2) is 4.49. The SMILES string of the molecule is CC1(C)CCC(n2c(C(C)(C)C)nc3cc(N)ccc32)C1. The van der Waals surface area contributed by atoms with E-state index in [0.29, 0.717) is 11.5 Å². The number of nitrogens with zero attached hydrogens (tertiary/aromatic N) is 2. The van der Waals surface area contributed by atoms with Gasteiger partial charge in [0.05, 0.1) is 11.0 Å². The maximum atomic E-state index is 5.94. The molecule has 1 heterocycles. The van der Waals surface area contributed by atoms with Crippen molar-refractivity contribution in [2.45, 2.75) is 65.3 Å². The third-order valence-electron chi connectivity index (χ3n) is 4.69. The maximum absolute atomic E-state index is 5.94. The van der Waals surface area contributed by atoms with Gasteiger partial charge in [-0.25, -0.2) is 4.98 Å². The minimum absolute atomic E-state index is 0.0422. The van der Waals surface area contributed by atoms with Gasteiger partial charge < -0.3 is 10.3 Å². The Hall–Kier alpha value is -1.51. The number of fused-ring (bicyclic) bond motifs is 1. The maximum Gasteiger partial charge on any atom is 0.115 e. The molecule has 3 rings (SSSR count). The summed E-state index contributed by atoms with van der Waals surface area (Å²) in [5, 5.41) is 0. The van der Waals surface area contributed by atoms with Gasteiger partial charge in [0, 0.05) is 17.1 Å². The number of imidazole rings is 1. The fraction of sp³-hybridized carbons (Fsp3) is 0.611. The summed E-state index contributed by atoms with van der Waals surface area (Å²) in [4.78, 5) is 4.92. The highest BCUT2D eigenvalue weighted by atomic mass is 15.1. The molecule has 1 aromatic carbocycles. The summed E-state index contributed by atoms with van der Waals surface area (Å²) in [5.74, 6) is 1.19. The Morgan fingerprint density at radius 1 is 1.29 bits per heavy atom. The van der Waals surface area contributed by atoms with Crippen LogP contribution in [0.2, 0.25) is 0 Å². The number of rotatable bonds is 1. The van der Waals surface area contributed by atoms with Crippen LogP contribution in [0.15, 0.2) is 18.2 Å². The Labute approximate surface area is 127 Å². The topological polar surface area (TPSA) is 43.8 Å². The van der Waals surface area contributed by atoms with Crippen molar-refractivity contribution in [2.24, 2.45) is 5.41 Å². The summed E-state index contributed by atoms with van der Waals surface area (Å²) in [6.07, 6.45) is 3.76. The number of hydrogen-bond acceptors (Lipinski definition) is 2. The lowest BCUT2D eigenvalue weighted by Gasteiger charge is -2.25. The number of benzene rings is 1. The molecule has 3 nitrogen and oxygen atoms in total. The fourth-order valence-electron chi connectivity index (χ4n) is 3.63. The van der Waals surface area contributed by atoms with Crippen LogP contribution in [0.3, 0.4) is 0 Å². The molecule has 0 saturated heterocycles. The Morgan fingerprint density at radius 3 is 2.57 bits per heavy atom. The van der Waals surface area contributed by atoms with Gasteiger partial charge >= 0.3 is 0 Å². The summed E-state index contributed by atoms with van der Waals surface area (Å²) >= 11 is 0. The first-order valence-electron chi connectivity index (χ1n) is 7.95. The third kappa shape index (κ3) is 2.54. The predicted octanol–water partition coefficient (Wildman–Crippen LogP) is 4.67. The summed E-state index contributed by atoms with van der Waals surface area (Å²) in [5.41, 5.74) is 9.47. The molecule has 1 unspecified atom stereocenters. The molecule has 21 heavy (non-hydrogen) atoms. The van der Waals surface area contributed by atoms with E-state index < -0.39 is 0 Å². The quantitative estimate of drug-likeness (QED) is 0.774. The van der Waals surface area contributed by atoms with Crippen LogP contribution in [0.5, 0.6) is 0 Å². The molecule has 0 bridgehead atoms. The molecule has 1 fully saturated rings. The van der Waals surface area contributed by atoms with E-state index in [1.54, 1.807) is 0 Å². The van der Waals surface area contributed by atoms with Crippen LogP contribution < -0.4 is 5.73 Å². The summed E-state index contributed by atoms with van der Waals surface area (Å²) in [7, 11) is 0. The second-order valence-corrected chi connectivity index (χ2v) is 8.36. The summed E-state index contributed by atoms with van der Waals surface area (Å²) in [6, 6.07) is 6.69. The van der Waals surface area contributed by atoms with Crippen molar-refractivity contribution in [3.8, 4) is 0 Å². The highest BCUT2D eigenvalue weighted by molar-refractivity contribution is 5.80. The molecule has 0 amide bonds. The smallest absolute Gasteiger partial charge is 0.115 e. The van der Waals surface area contributed by atoms with E-state index >= 15 is 0 Å². The van der Waals surface area contributed by atoms with E-state index in [2.05, 4.69) is 45.3 Å². The minimum atomic E-state index is 0.0422. The largest absolute Gasteiger partial charge is 0.399 e. The summed E-state index contributed by atoms with van der Waals surface area (Å²) < 4.78 is 2.49. The third-order valence-corrected chi connectivity index (χ3v) is 4.69. The van der Waals surface area contributed by atoms with Crippen molar-refractivity contribution < 1.29 is 0 Å². The molecule has 2 aromatic rings. The van der Waals surface area contributed by atoms with Gasteiger partial charge in [-0.1, -0.05) is 34.6 Å². The zero-order chi connectivity index (χ0) is 15.4. The van der Waals surface area contributed by atoms with Gasteiger partial charge in [0.25, 0.3) is 0 Å². The zero-order valence-corrected chi connectivity index (χ0v) is 13.9. The van der Waals surface area contributed by atoms with Gasteiger partial charge in [-0.2, -0.15) is 0 Å². The molecule has 0 spiro atoms. The van der Waals surface area contributed by atoms with Crippen LogP contribution in [0.1, 0.15) is 65.7 Å². The Bertz CT molecular complexity index is 674. The van der Waals surface area contributed by atoms with Crippen molar-refractivity contribution in [3.63, 3.8) is 0 Å². The molecule has 0 aliphatic heterocycles. The molecule has 1 saturated carbocycles. The van der Waals surface area contributed by atoms with Gasteiger partial charge in [0.1, 0.15) is 5.82 Å². The molecular formula is C18H27N3. The standard InChI is InChI=1S/C18H27N3/c1-17(2,3)16-20-14-10-12(19)6-7-15(14)21(16)13-8-9-18(4,5)11-13/h6-7,10,13H,8-9,11,19H2,1-5H3. The van der Waals surface area contributed by atoms with Gasteiger partial charge in [-0.3, -0.25) is 0 Å². The van der Waals surface area contributed by atoms with E-state index in [1.165, 1.54) is 30.6 Å². The molecular weight excluding hydrogens is 258 g/mol. The van der Waals surface area contributed by atoms with Gasteiger partial charge in [0.15, 0.2) is 0 Å². The Morgan fingerprint density at radius 2 is 2.00 bits per heavy atom. The van der Waals surface area contributed by atoms with Crippen LogP contribution in [-0.4, -0.2) is 9.55 Å². The van der Waals surface area contributed by atoms with E-state index in [-0.39, 0.29) is 5.41 Å². The van der Waals surface area contributed by atoms with E-state index in [1.807, 2.05) is 12.1 Å². The predicted molar refractivity (Wildman–Crippen MR) is 89.5 cm³/mol. The number of nitrogens with two attached hydrogens (primary N) is 1. The van der Waals surface area contributed by atoms with Gasteiger partial charge in [-0.15, -0.1) is 0 Å². The first-order valence-corrected chi connectivity index (χ1v) is 7.95. The van der Waals surface area contributed by atoms with Crippen LogP contribution in [-0.2, 0) is 5.41 Å². The highest BCUT2D eigenvalue weighted by Crippen LogP contribution is 2.46. The van der Waals surface area contributed by atoms with E-state index in [4.69, 9.17) is 10.7 Å². The molecule has 1 atom stereocenters. The number of anilines is 1. The lowest BCUT2D eigenvalue weighted by Crippen LogP contribution is -2.21. The number of hydrogen-bond donors (Lipinski definition) is 1. The molecule has 1 aromatic heterocycles. The lowest BCUT2D eigenvalue weighted by molar-refractivity contribution is 0.352. The number of aromatic nitrogens is 2. The average molecular weight is 285 g/mol. The first kappa shape index (κ1) is 14.4. The van der Waals surface area contributed by atoms with Crippen molar-refractivity contribution in [2.75, 3.05) is 5.73 Å². The molecule has 3 heteroatoms. The number of nitrogen functional groups attached to an aromatic ring is 1. The molecule has 2 N–H and O–H groups in total. The monoisotopic (exact) mass is 285 g/mol. The molecule has 0 radical (unpaired) electrons. The van der Waals surface area contributed by atoms with Crippen LogP contribution >= 0.6 is 0 Å². The average Bonchev–Trinajstić information content (AvgIpc) is 2.88. The first-order chi connectivity index (χ1) is 9.67. The molecule has 1 aliphatic rings. The minimum Gasteiger partial charge on any atom is -0.399 e. The van der Waals surface area contributed by atoms with Crippen molar-refractivity contribution >= 4 is 16.7 Å². The van der Waals surface area contributed by atoms with Gasteiger partial charge in [-0.05, 0) is 42.9 Å².